The summed E-state index contributed by atoms with van der Waals surface area (Å²) in [6, 6.07) is 8.68. The monoisotopic (exact) mass is 361 g/mol. The number of piperazine rings is 1. The normalized spacial score (nSPS) is 16.9. The van der Waals surface area contributed by atoms with Crippen LogP contribution in [0.15, 0.2) is 55.2 Å². The zero-order chi connectivity index (χ0) is 18.5. The molecule has 1 fully saturated rings. The molecule has 1 unspecified atom stereocenters. The van der Waals surface area contributed by atoms with E-state index in [1.165, 1.54) is 0 Å². The number of anilines is 3. The molecule has 1 atom stereocenters. The Labute approximate surface area is 158 Å². The van der Waals surface area contributed by atoms with E-state index in [1.807, 2.05) is 12.1 Å². The van der Waals surface area contributed by atoms with Gasteiger partial charge < -0.3 is 15.5 Å². The number of nitrogens with one attached hydrogen (secondary N) is 2. The summed E-state index contributed by atoms with van der Waals surface area (Å²) in [6.07, 6.45) is 9.69. The van der Waals surface area contributed by atoms with Crippen molar-refractivity contribution in [3.05, 3.63) is 55.2 Å². The number of pyridine rings is 2. The van der Waals surface area contributed by atoms with Crippen molar-refractivity contribution in [2.45, 2.75) is 19.4 Å². The smallest absolute Gasteiger partial charge is 0.150 e. The van der Waals surface area contributed by atoms with Gasteiger partial charge in [0.15, 0.2) is 0 Å². The first-order valence-electron chi connectivity index (χ1n) is 9.26. The highest BCUT2D eigenvalue weighted by molar-refractivity contribution is 5.70. The van der Waals surface area contributed by atoms with Gasteiger partial charge in [0, 0.05) is 67.8 Å². The Morgan fingerprint density at radius 3 is 2.78 bits per heavy atom. The summed E-state index contributed by atoms with van der Waals surface area (Å²) in [5.74, 6) is 1.43. The highest BCUT2D eigenvalue weighted by Crippen LogP contribution is 2.29. The van der Waals surface area contributed by atoms with Gasteiger partial charge in [-0.1, -0.05) is 6.92 Å². The second kappa shape index (κ2) is 8.09. The standard InChI is InChI=1S/C20H23N7/c1-2-16-13-23-9-10-27(16)17-11-18(15-3-5-21-6-4-15)25-19(12-17)26-20-14-22-7-8-24-20/h3-8,11-12,14,16,23H,2,9-10,13H2,1H3,(H,24,25,26). The minimum atomic E-state index is 0.468. The zero-order valence-corrected chi connectivity index (χ0v) is 15.3. The van der Waals surface area contributed by atoms with Crippen LogP contribution in [0.5, 0.6) is 0 Å². The van der Waals surface area contributed by atoms with Crippen molar-refractivity contribution in [2.24, 2.45) is 0 Å². The zero-order valence-electron chi connectivity index (χ0n) is 15.3. The summed E-state index contributed by atoms with van der Waals surface area (Å²) in [7, 11) is 0. The molecule has 2 N–H and O–H groups in total. The molecule has 27 heavy (non-hydrogen) atoms. The van der Waals surface area contributed by atoms with Crippen LogP contribution in [-0.4, -0.2) is 45.6 Å². The van der Waals surface area contributed by atoms with E-state index in [-0.39, 0.29) is 0 Å². The number of hydrogen-bond acceptors (Lipinski definition) is 7. The third-order valence-corrected chi connectivity index (χ3v) is 4.76. The van der Waals surface area contributed by atoms with E-state index < -0.39 is 0 Å². The van der Waals surface area contributed by atoms with Crippen LogP contribution in [0.4, 0.5) is 17.3 Å². The largest absolute Gasteiger partial charge is 0.366 e. The fourth-order valence-electron chi connectivity index (χ4n) is 3.38. The third-order valence-electron chi connectivity index (χ3n) is 4.76. The van der Waals surface area contributed by atoms with Crippen molar-refractivity contribution in [3.63, 3.8) is 0 Å². The van der Waals surface area contributed by atoms with Crippen LogP contribution in [0.1, 0.15) is 13.3 Å². The van der Waals surface area contributed by atoms with E-state index in [2.05, 4.69) is 49.5 Å². The topological polar surface area (TPSA) is 78.9 Å². The Bertz CT molecular complexity index is 870. The number of nitrogens with zero attached hydrogens (tertiary/aromatic N) is 5. The molecule has 0 saturated carbocycles. The van der Waals surface area contributed by atoms with E-state index in [4.69, 9.17) is 4.98 Å². The van der Waals surface area contributed by atoms with Crippen LogP contribution in [0.3, 0.4) is 0 Å². The van der Waals surface area contributed by atoms with Crippen LogP contribution < -0.4 is 15.5 Å². The molecule has 4 rings (SSSR count). The van der Waals surface area contributed by atoms with Gasteiger partial charge in [-0.25, -0.2) is 9.97 Å². The molecule has 0 bridgehead atoms. The maximum absolute atomic E-state index is 4.80. The van der Waals surface area contributed by atoms with Gasteiger partial charge in [-0.2, -0.15) is 0 Å². The van der Waals surface area contributed by atoms with Gasteiger partial charge in [-0.3, -0.25) is 9.97 Å². The highest BCUT2D eigenvalue weighted by atomic mass is 15.2. The minimum Gasteiger partial charge on any atom is -0.366 e. The van der Waals surface area contributed by atoms with Gasteiger partial charge in [0.2, 0.25) is 0 Å². The van der Waals surface area contributed by atoms with Gasteiger partial charge in [0.05, 0.1) is 11.9 Å². The summed E-state index contributed by atoms with van der Waals surface area (Å²) in [6.45, 7) is 5.18. The van der Waals surface area contributed by atoms with Gasteiger partial charge >= 0.3 is 0 Å². The Balaban J connectivity index is 1.74. The second-order valence-corrected chi connectivity index (χ2v) is 6.51. The molecular weight excluding hydrogens is 338 g/mol. The lowest BCUT2D eigenvalue weighted by Crippen LogP contribution is -2.51. The molecule has 1 aliphatic rings. The molecule has 1 saturated heterocycles. The average Bonchev–Trinajstić information content (AvgIpc) is 2.75. The van der Waals surface area contributed by atoms with Crippen LogP contribution in [0.2, 0.25) is 0 Å². The van der Waals surface area contributed by atoms with E-state index >= 15 is 0 Å². The first-order chi connectivity index (χ1) is 13.3. The van der Waals surface area contributed by atoms with E-state index in [9.17, 15) is 0 Å². The molecule has 0 amide bonds. The molecule has 0 aromatic carbocycles. The van der Waals surface area contributed by atoms with Crippen LogP contribution >= 0.6 is 0 Å². The van der Waals surface area contributed by atoms with Crippen LogP contribution in [-0.2, 0) is 0 Å². The lowest BCUT2D eigenvalue weighted by molar-refractivity contribution is 0.466. The Hall–Kier alpha value is -3.06. The van der Waals surface area contributed by atoms with Crippen molar-refractivity contribution in [3.8, 4) is 11.3 Å². The fraction of sp³-hybridized carbons (Fsp3) is 0.300. The quantitative estimate of drug-likeness (QED) is 0.723. The molecule has 1 aliphatic heterocycles. The first-order valence-corrected chi connectivity index (χ1v) is 9.26. The summed E-state index contributed by atoms with van der Waals surface area (Å²) >= 11 is 0. The maximum atomic E-state index is 4.80. The first kappa shape index (κ1) is 17.4. The third kappa shape index (κ3) is 4.03. The Morgan fingerprint density at radius 1 is 1.11 bits per heavy atom. The Kier molecular flexibility index (Phi) is 5.20. The second-order valence-electron chi connectivity index (χ2n) is 6.51. The van der Waals surface area contributed by atoms with Gasteiger partial charge in [-0.05, 0) is 24.6 Å². The summed E-state index contributed by atoms with van der Waals surface area (Å²) in [4.78, 5) is 19.8. The van der Waals surface area contributed by atoms with Crippen LogP contribution in [0.25, 0.3) is 11.3 Å². The van der Waals surface area contributed by atoms with Crippen LogP contribution in [0, 0.1) is 0 Å². The summed E-state index contributed by atoms with van der Waals surface area (Å²) in [5.41, 5.74) is 3.11. The number of hydrogen-bond donors (Lipinski definition) is 2. The molecule has 4 heterocycles. The van der Waals surface area contributed by atoms with E-state index in [0.717, 1.165) is 48.8 Å². The number of rotatable bonds is 5. The fourth-order valence-corrected chi connectivity index (χ4v) is 3.38. The molecule has 0 radical (unpaired) electrons. The van der Waals surface area contributed by atoms with Crippen molar-refractivity contribution < 1.29 is 0 Å². The van der Waals surface area contributed by atoms with Gasteiger partial charge in [0.1, 0.15) is 11.6 Å². The van der Waals surface area contributed by atoms with Gasteiger partial charge in [-0.15, -0.1) is 0 Å². The molecule has 0 spiro atoms. The maximum Gasteiger partial charge on any atom is 0.150 e. The van der Waals surface area contributed by atoms with Crippen molar-refractivity contribution >= 4 is 17.3 Å². The highest BCUT2D eigenvalue weighted by Gasteiger charge is 2.22. The van der Waals surface area contributed by atoms with E-state index in [1.54, 1.807) is 31.0 Å². The van der Waals surface area contributed by atoms with Gasteiger partial charge in [0.25, 0.3) is 0 Å². The molecule has 0 aliphatic carbocycles. The van der Waals surface area contributed by atoms with E-state index in [0.29, 0.717) is 11.9 Å². The molecule has 138 valence electrons. The predicted molar refractivity (Wildman–Crippen MR) is 107 cm³/mol. The molecule has 7 nitrogen and oxygen atoms in total. The SMILES string of the molecule is CCC1CNCCN1c1cc(Nc2cnccn2)nc(-c2ccncc2)c1. The molecule has 3 aromatic rings. The summed E-state index contributed by atoms with van der Waals surface area (Å²) < 4.78 is 0. The Morgan fingerprint density at radius 2 is 2.00 bits per heavy atom. The average molecular weight is 361 g/mol. The lowest BCUT2D eigenvalue weighted by atomic mass is 10.1. The lowest BCUT2D eigenvalue weighted by Gasteiger charge is -2.38. The van der Waals surface area contributed by atoms with Crippen molar-refractivity contribution in [1.82, 2.24) is 25.3 Å². The number of aromatic nitrogens is 4. The predicted octanol–water partition coefficient (Wildman–Crippen LogP) is 2.87. The molecular formula is C20H23N7. The minimum absolute atomic E-state index is 0.468. The molecule has 7 heteroatoms. The van der Waals surface area contributed by atoms with Crippen molar-refractivity contribution in [1.29, 1.82) is 0 Å². The summed E-state index contributed by atoms with van der Waals surface area (Å²) in [5, 5.41) is 6.77. The van der Waals surface area contributed by atoms with Crippen molar-refractivity contribution in [2.75, 3.05) is 29.9 Å². The molecule has 3 aromatic heterocycles.